The monoisotopic (exact) mass is 346 g/mol. The summed E-state index contributed by atoms with van der Waals surface area (Å²) in [6.07, 6.45) is 1.35. The van der Waals surface area contributed by atoms with Gasteiger partial charge in [0.2, 0.25) is 0 Å². The van der Waals surface area contributed by atoms with Crippen molar-refractivity contribution in [3.8, 4) is 0 Å². The van der Waals surface area contributed by atoms with E-state index in [1.54, 1.807) is 0 Å². The number of carbonyl (C=O) groups excluding carboxylic acids is 2. The van der Waals surface area contributed by atoms with Crippen LogP contribution in [0.1, 0.15) is 28.8 Å². The van der Waals surface area contributed by atoms with Crippen LogP contribution in [0, 0.1) is 5.92 Å². The highest BCUT2D eigenvalue weighted by molar-refractivity contribution is 5.94. The number of likely N-dealkylation sites (tertiary alicyclic amines) is 1. The lowest BCUT2D eigenvalue weighted by molar-refractivity contribution is -0.146. The lowest BCUT2D eigenvalue weighted by Crippen LogP contribution is -2.40. The van der Waals surface area contributed by atoms with E-state index in [4.69, 9.17) is 9.47 Å². The molecule has 25 heavy (non-hydrogen) atoms. The van der Waals surface area contributed by atoms with Crippen LogP contribution in [0.5, 0.6) is 0 Å². The average Bonchev–Trinajstić information content (AvgIpc) is 2.68. The molecule has 0 atom stereocenters. The Bertz CT molecular complexity index is 605. The topological polar surface area (TPSA) is 59.1 Å². The summed E-state index contributed by atoms with van der Waals surface area (Å²) >= 11 is 0. The molecule has 2 heterocycles. The molecule has 1 aromatic rings. The molecule has 6 nitrogen and oxygen atoms in total. The fourth-order valence-corrected chi connectivity index (χ4v) is 3.49. The molecule has 1 aromatic carbocycles. The zero-order valence-electron chi connectivity index (χ0n) is 14.8. The van der Waals surface area contributed by atoms with E-state index in [-0.39, 0.29) is 17.8 Å². The molecule has 136 valence electrons. The van der Waals surface area contributed by atoms with Crippen molar-refractivity contribution >= 4 is 11.9 Å². The Labute approximate surface area is 148 Å². The summed E-state index contributed by atoms with van der Waals surface area (Å²) in [7, 11) is 1.42. The van der Waals surface area contributed by atoms with Gasteiger partial charge in [0, 0.05) is 38.3 Å². The van der Waals surface area contributed by atoms with Gasteiger partial charge in [-0.2, -0.15) is 0 Å². The van der Waals surface area contributed by atoms with Crippen molar-refractivity contribution in [3.63, 3.8) is 0 Å². The Morgan fingerprint density at radius 1 is 1.16 bits per heavy atom. The molecule has 0 saturated carbocycles. The number of morpholine rings is 1. The van der Waals surface area contributed by atoms with E-state index in [0.717, 1.165) is 44.0 Å². The molecule has 0 aliphatic carbocycles. The zero-order valence-corrected chi connectivity index (χ0v) is 14.8. The molecule has 2 fully saturated rings. The predicted molar refractivity (Wildman–Crippen MR) is 93.2 cm³/mol. The molecule has 1 amide bonds. The minimum atomic E-state index is -0.167. The van der Waals surface area contributed by atoms with Crippen LogP contribution in [0.2, 0.25) is 0 Å². The van der Waals surface area contributed by atoms with Crippen molar-refractivity contribution < 1.29 is 19.1 Å². The minimum Gasteiger partial charge on any atom is -0.469 e. The minimum absolute atomic E-state index is 0.0483. The van der Waals surface area contributed by atoms with Crippen LogP contribution >= 0.6 is 0 Å². The Kier molecular flexibility index (Phi) is 6.04. The number of benzene rings is 1. The van der Waals surface area contributed by atoms with E-state index in [9.17, 15) is 9.59 Å². The molecular weight excluding hydrogens is 320 g/mol. The van der Waals surface area contributed by atoms with E-state index in [0.29, 0.717) is 25.9 Å². The highest BCUT2D eigenvalue weighted by Crippen LogP contribution is 2.21. The molecule has 0 spiro atoms. The van der Waals surface area contributed by atoms with E-state index < -0.39 is 0 Å². The Hall–Kier alpha value is -1.92. The number of rotatable bonds is 4. The Balaban J connectivity index is 1.59. The van der Waals surface area contributed by atoms with Gasteiger partial charge in [-0.15, -0.1) is 0 Å². The van der Waals surface area contributed by atoms with Gasteiger partial charge >= 0.3 is 5.97 Å². The van der Waals surface area contributed by atoms with E-state index in [1.165, 1.54) is 7.11 Å². The van der Waals surface area contributed by atoms with Crippen LogP contribution in [0.4, 0.5) is 0 Å². The molecule has 2 aliphatic heterocycles. The maximum absolute atomic E-state index is 12.8. The molecule has 0 N–H and O–H groups in total. The van der Waals surface area contributed by atoms with Crippen LogP contribution in [0.25, 0.3) is 0 Å². The van der Waals surface area contributed by atoms with Crippen molar-refractivity contribution in [1.82, 2.24) is 9.80 Å². The molecular formula is C19H26N2O4. The van der Waals surface area contributed by atoms with E-state index >= 15 is 0 Å². The SMILES string of the molecule is COC(=O)C1CCN(C(=O)c2cccc(CN3CCOCC3)c2)CC1. The number of hydrogen-bond donors (Lipinski definition) is 0. The fraction of sp³-hybridized carbons (Fsp3) is 0.579. The van der Waals surface area contributed by atoms with Gasteiger partial charge in [0.05, 0.1) is 26.2 Å². The first-order valence-electron chi connectivity index (χ1n) is 8.93. The first-order chi connectivity index (χ1) is 12.2. The van der Waals surface area contributed by atoms with Crippen molar-refractivity contribution in [1.29, 1.82) is 0 Å². The third-order valence-corrected chi connectivity index (χ3v) is 5.00. The zero-order chi connectivity index (χ0) is 17.6. The summed E-state index contributed by atoms with van der Waals surface area (Å²) in [5.41, 5.74) is 1.87. The Morgan fingerprint density at radius 2 is 1.88 bits per heavy atom. The van der Waals surface area contributed by atoms with Crippen molar-refractivity contribution in [2.45, 2.75) is 19.4 Å². The number of carbonyl (C=O) groups is 2. The first kappa shape index (κ1) is 17.9. The Morgan fingerprint density at radius 3 is 2.56 bits per heavy atom. The number of nitrogens with zero attached hydrogens (tertiary/aromatic N) is 2. The summed E-state index contributed by atoms with van der Waals surface area (Å²) in [5, 5.41) is 0. The van der Waals surface area contributed by atoms with Crippen molar-refractivity contribution in [2.75, 3.05) is 46.5 Å². The molecule has 0 bridgehead atoms. The summed E-state index contributed by atoms with van der Waals surface area (Å²) in [6, 6.07) is 7.88. The van der Waals surface area contributed by atoms with Crippen LogP contribution in [0.3, 0.4) is 0 Å². The normalized spacial score (nSPS) is 19.6. The predicted octanol–water partition coefficient (Wildman–Crippen LogP) is 1.54. The maximum Gasteiger partial charge on any atom is 0.308 e. The molecule has 2 saturated heterocycles. The summed E-state index contributed by atoms with van der Waals surface area (Å²) in [5.74, 6) is -0.201. The largest absolute Gasteiger partial charge is 0.469 e. The van der Waals surface area contributed by atoms with Gasteiger partial charge in [0.15, 0.2) is 0 Å². The fourth-order valence-electron chi connectivity index (χ4n) is 3.49. The van der Waals surface area contributed by atoms with Gasteiger partial charge in [0.1, 0.15) is 0 Å². The molecule has 0 radical (unpaired) electrons. The molecule has 0 unspecified atom stereocenters. The average molecular weight is 346 g/mol. The smallest absolute Gasteiger partial charge is 0.308 e. The lowest BCUT2D eigenvalue weighted by Gasteiger charge is -2.31. The van der Waals surface area contributed by atoms with Gasteiger partial charge in [-0.3, -0.25) is 14.5 Å². The van der Waals surface area contributed by atoms with Gasteiger partial charge in [-0.1, -0.05) is 12.1 Å². The van der Waals surface area contributed by atoms with E-state index in [2.05, 4.69) is 11.0 Å². The third-order valence-electron chi connectivity index (χ3n) is 5.00. The first-order valence-corrected chi connectivity index (χ1v) is 8.93. The van der Waals surface area contributed by atoms with Crippen LogP contribution in [0.15, 0.2) is 24.3 Å². The van der Waals surface area contributed by atoms with Crippen molar-refractivity contribution in [3.05, 3.63) is 35.4 Å². The number of amides is 1. The highest BCUT2D eigenvalue weighted by atomic mass is 16.5. The van der Waals surface area contributed by atoms with Gasteiger partial charge in [-0.25, -0.2) is 0 Å². The van der Waals surface area contributed by atoms with Gasteiger partial charge in [0.25, 0.3) is 5.91 Å². The van der Waals surface area contributed by atoms with Crippen molar-refractivity contribution in [2.24, 2.45) is 5.92 Å². The standard InChI is InChI=1S/C19H26N2O4/c1-24-19(23)16-5-7-21(8-6-16)18(22)17-4-2-3-15(13-17)14-20-9-11-25-12-10-20/h2-4,13,16H,5-12,14H2,1H3. The summed E-state index contributed by atoms with van der Waals surface area (Å²) in [6.45, 7) is 5.45. The number of methoxy groups -OCH3 is 1. The van der Waals surface area contributed by atoms with E-state index in [1.807, 2.05) is 23.1 Å². The van der Waals surface area contributed by atoms with Gasteiger partial charge in [-0.05, 0) is 30.5 Å². The second kappa shape index (κ2) is 8.45. The van der Waals surface area contributed by atoms with Gasteiger partial charge < -0.3 is 14.4 Å². The molecule has 2 aliphatic rings. The molecule has 0 aromatic heterocycles. The second-order valence-corrected chi connectivity index (χ2v) is 6.68. The lowest BCUT2D eigenvalue weighted by atomic mass is 9.96. The molecule has 3 rings (SSSR count). The van der Waals surface area contributed by atoms with Crippen LogP contribution in [-0.4, -0.2) is 68.2 Å². The second-order valence-electron chi connectivity index (χ2n) is 6.68. The number of esters is 1. The summed E-state index contributed by atoms with van der Waals surface area (Å²) in [4.78, 5) is 28.6. The van der Waals surface area contributed by atoms with Crippen LogP contribution < -0.4 is 0 Å². The number of piperidine rings is 1. The quantitative estimate of drug-likeness (QED) is 0.774. The summed E-state index contributed by atoms with van der Waals surface area (Å²) < 4.78 is 10.2. The highest BCUT2D eigenvalue weighted by Gasteiger charge is 2.28. The maximum atomic E-state index is 12.8. The van der Waals surface area contributed by atoms with Crippen LogP contribution in [-0.2, 0) is 20.8 Å². The molecule has 6 heteroatoms. The number of ether oxygens (including phenoxy) is 2. The number of hydrogen-bond acceptors (Lipinski definition) is 5. The third kappa shape index (κ3) is 4.58.